The van der Waals surface area contributed by atoms with Crippen LogP contribution in [0.1, 0.15) is 32.1 Å². The molecule has 152 valence electrons. The fraction of sp³-hybridized carbons (Fsp3) is 0.600. The first-order valence-corrected chi connectivity index (χ1v) is 10.0. The minimum absolute atomic E-state index is 0.00177. The Morgan fingerprint density at radius 3 is 2.68 bits per heavy atom. The summed E-state index contributed by atoms with van der Waals surface area (Å²) in [5.74, 6) is -0.237. The molecular weight excluding hydrogens is 358 g/mol. The number of aromatic nitrogens is 2. The molecule has 28 heavy (non-hydrogen) atoms. The smallest absolute Gasteiger partial charge is 0.225 e. The van der Waals surface area contributed by atoms with Crippen LogP contribution < -0.4 is 10.6 Å². The number of carbonyl (C=O) groups is 3. The zero-order chi connectivity index (χ0) is 19.9. The zero-order valence-electron chi connectivity index (χ0n) is 16.2. The number of likely N-dealkylation sites (tertiary alicyclic amines) is 1. The minimum Gasteiger partial charge on any atom is -0.354 e. The standard InChI is InChI=1S/C20H29N5O3/c1-2-10-24-14-16(13-18(24)26)20(28)23-17-6-4-15(5-7-17)19(27)21-9-12-25-11-3-8-22-25/h2-3,8,11,15-17H,1,4-7,9-10,12-14H2,(H,21,27)(H,23,28). The average Bonchev–Trinajstić information content (AvgIpc) is 3.33. The molecule has 1 aromatic heterocycles. The van der Waals surface area contributed by atoms with E-state index in [1.807, 2.05) is 12.3 Å². The van der Waals surface area contributed by atoms with E-state index in [1.54, 1.807) is 21.9 Å². The van der Waals surface area contributed by atoms with Gasteiger partial charge in [-0.2, -0.15) is 5.10 Å². The van der Waals surface area contributed by atoms with Crippen LogP contribution in [0.4, 0.5) is 0 Å². The Bertz CT molecular complexity index is 695. The van der Waals surface area contributed by atoms with E-state index in [0.717, 1.165) is 25.7 Å². The van der Waals surface area contributed by atoms with Gasteiger partial charge < -0.3 is 15.5 Å². The fourth-order valence-electron chi connectivity index (χ4n) is 3.97. The molecule has 8 heteroatoms. The Hall–Kier alpha value is -2.64. The number of hydrogen-bond acceptors (Lipinski definition) is 4. The van der Waals surface area contributed by atoms with E-state index in [4.69, 9.17) is 0 Å². The normalized spacial score (nSPS) is 24.8. The van der Waals surface area contributed by atoms with Crippen LogP contribution in [0, 0.1) is 11.8 Å². The summed E-state index contributed by atoms with van der Waals surface area (Å²) in [7, 11) is 0. The van der Waals surface area contributed by atoms with Crippen molar-refractivity contribution in [3.05, 3.63) is 31.1 Å². The van der Waals surface area contributed by atoms with E-state index in [1.165, 1.54) is 0 Å². The number of rotatable bonds is 8. The average molecular weight is 387 g/mol. The summed E-state index contributed by atoms with van der Waals surface area (Å²) in [6.07, 6.45) is 8.66. The lowest BCUT2D eigenvalue weighted by Gasteiger charge is -2.29. The quantitative estimate of drug-likeness (QED) is 0.642. The van der Waals surface area contributed by atoms with E-state index < -0.39 is 0 Å². The molecule has 1 unspecified atom stereocenters. The molecule has 0 radical (unpaired) electrons. The molecule has 1 aliphatic carbocycles. The van der Waals surface area contributed by atoms with Crippen LogP contribution in [0.15, 0.2) is 31.1 Å². The van der Waals surface area contributed by atoms with Gasteiger partial charge in [0, 0.05) is 50.4 Å². The van der Waals surface area contributed by atoms with E-state index in [2.05, 4.69) is 22.3 Å². The second-order valence-electron chi connectivity index (χ2n) is 7.61. The predicted molar refractivity (Wildman–Crippen MR) is 104 cm³/mol. The summed E-state index contributed by atoms with van der Waals surface area (Å²) in [4.78, 5) is 38.4. The SMILES string of the molecule is C=CCN1CC(C(=O)NC2CCC(C(=O)NCCn3cccn3)CC2)CC1=O. The predicted octanol–water partition coefficient (Wildman–Crippen LogP) is 0.709. The Balaban J connectivity index is 1.35. The number of nitrogens with one attached hydrogen (secondary N) is 2. The highest BCUT2D eigenvalue weighted by molar-refractivity contribution is 5.89. The first kappa shape index (κ1) is 20.1. The van der Waals surface area contributed by atoms with Crippen LogP contribution in [-0.4, -0.2) is 58.1 Å². The Kier molecular flexibility index (Phi) is 6.84. The van der Waals surface area contributed by atoms with Crippen molar-refractivity contribution in [2.45, 2.75) is 44.7 Å². The summed E-state index contributed by atoms with van der Waals surface area (Å²) < 4.78 is 1.79. The lowest BCUT2D eigenvalue weighted by molar-refractivity contribution is -0.129. The monoisotopic (exact) mass is 387 g/mol. The maximum absolute atomic E-state index is 12.5. The molecule has 1 saturated heterocycles. The van der Waals surface area contributed by atoms with Crippen molar-refractivity contribution >= 4 is 17.7 Å². The Morgan fingerprint density at radius 1 is 1.21 bits per heavy atom. The molecule has 3 rings (SSSR count). The first-order chi connectivity index (χ1) is 13.6. The number of nitrogens with zero attached hydrogens (tertiary/aromatic N) is 3. The Morgan fingerprint density at radius 2 is 2.00 bits per heavy atom. The van der Waals surface area contributed by atoms with Gasteiger partial charge in [-0.05, 0) is 31.7 Å². The van der Waals surface area contributed by atoms with Crippen molar-refractivity contribution in [1.82, 2.24) is 25.3 Å². The van der Waals surface area contributed by atoms with E-state index >= 15 is 0 Å². The fourth-order valence-corrected chi connectivity index (χ4v) is 3.97. The van der Waals surface area contributed by atoms with Crippen molar-refractivity contribution in [2.75, 3.05) is 19.6 Å². The van der Waals surface area contributed by atoms with Crippen LogP contribution in [-0.2, 0) is 20.9 Å². The highest BCUT2D eigenvalue weighted by Gasteiger charge is 2.35. The molecule has 1 aliphatic heterocycles. The van der Waals surface area contributed by atoms with Crippen LogP contribution in [0.5, 0.6) is 0 Å². The van der Waals surface area contributed by atoms with Crippen LogP contribution in [0.3, 0.4) is 0 Å². The number of amides is 3. The number of hydrogen-bond donors (Lipinski definition) is 2. The molecule has 0 bridgehead atoms. The van der Waals surface area contributed by atoms with Gasteiger partial charge in [0.05, 0.1) is 12.5 Å². The van der Waals surface area contributed by atoms with Gasteiger partial charge in [-0.3, -0.25) is 19.1 Å². The van der Waals surface area contributed by atoms with Gasteiger partial charge in [0.1, 0.15) is 0 Å². The van der Waals surface area contributed by atoms with Crippen molar-refractivity contribution in [3.63, 3.8) is 0 Å². The van der Waals surface area contributed by atoms with Gasteiger partial charge in [-0.15, -0.1) is 6.58 Å². The molecule has 0 spiro atoms. The third-order valence-corrected chi connectivity index (χ3v) is 5.58. The minimum atomic E-state index is -0.282. The molecule has 2 heterocycles. The molecule has 2 N–H and O–H groups in total. The lowest BCUT2D eigenvalue weighted by atomic mass is 9.85. The van der Waals surface area contributed by atoms with Crippen molar-refractivity contribution in [2.24, 2.45) is 11.8 Å². The highest BCUT2D eigenvalue weighted by Crippen LogP contribution is 2.25. The number of carbonyl (C=O) groups excluding carboxylic acids is 3. The largest absolute Gasteiger partial charge is 0.354 e. The van der Waals surface area contributed by atoms with Crippen LogP contribution in [0.25, 0.3) is 0 Å². The van der Waals surface area contributed by atoms with Gasteiger partial charge in [-0.1, -0.05) is 6.08 Å². The third-order valence-electron chi connectivity index (χ3n) is 5.58. The summed E-state index contributed by atoms with van der Waals surface area (Å²) in [5, 5.41) is 10.2. The van der Waals surface area contributed by atoms with E-state index in [9.17, 15) is 14.4 Å². The molecule has 8 nitrogen and oxygen atoms in total. The maximum Gasteiger partial charge on any atom is 0.225 e. The van der Waals surface area contributed by atoms with Crippen LogP contribution >= 0.6 is 0 Å². The van der Waals surface area contributed by atoms with Crippen molar-refractivity contribution in [3.8, 4) is 0 Å². The first-order valence-electron chi connectivity index (χ1n) is 10.0. The van der Waals surface area contributed by atoms with Crippen molar-refractivity contribution < 1.29 is 14.4 Å². The zero-order valence-corrected chi connectivity index (χ0v) is 16.2. The van der Waals surface area contributed by atoms with Gasteiger partial charge in [-0.25, -0.2) is 0 Å². The highest BCUT2D eigenvalue weighted by atomic mass is 16.2. The van der Waals surface area contributed by atoms with Gasteiger partial charge >= 0.3 is 0 Å². The molecule has 1 atom stereocenters. The van der Waals surface area contributed by atoms with E-state index in [0.29, 0.717) is 26.2 Å². The molecule has 2 aliphatic rings. The van der Waals surface area contributed by atoms with Gasteiger partial charge in [0.25, 0.3) is 0 Å². The van der Waals surface area contributed by atoms with Gasteiger partial charge in [0.2, 0.25) is 17.7 Å². The molecule has 1 saturated carbocycles. The van der Waals surface area contributed by atoms with Crippen molar-refractivity contribution in [1.29, 1.82) is 0 Å². The summed E-state index contributed by atoms with van der Waals surface area (Å²) in [6, 6.07) is 1.94. The summed E-state index contributed by atoms with van der Waals surface area (Å²) >= 11 is 0. The second-order valence-corrected chi connectivity index (χ2v) is 7.61. The second kappa shape index (κ2) is 9.52. The molecule has 0 aromatic carbocycles. The molecule has 1 aromatic rings. The van der Waals surface area contributed by atoms with E-state index in [-0.39, 0.29) is 42.0 Å². The Labute approximate surface area is 165 Å². The summed E-state index contributed by atoms with van der Waals surface area (Å²) in [5.41, 5.74) is 0. The molecule has 2 fully saturated rings. The van der Waals surface area contributed by atoms with Crippen LogP contribution in [0.2, 0.25) is 0 Å². The molecular formula is C20H29N5O3. The lowest BCUT2D eigenvalue weighted by Crippen LogP contribution is -2.43. The topological polar surface area (TPSA) is 96.3 Å². The summed E-state index contributed by atoms with van der Waals surface area (Å²) in [6.45, 7) is 5.82. The van der Waals surface area contributed by atoms with Gasteiger partial charge in [0.15, 0.2) is 0 Å². The molecule has 3 amide bonds. The third kappa shape index (κ3) is 5.21. The maximum atomic E-state index is 12.5.